The summed E-state index contributed by atoms with van der Waals surface area (Å²) in [5.41, 5.74) is -0.000949. The smallest absolute Gasteiger partial charge is 0.209 e. The molecular weight excluding hydrogens is 180 g/mol. The largest absolute Gasteiger partial charge is 0.483 e. The second-order valence-corrected chi connectivity index (χ2v) is 4.35. The van der Waals surface area contributed by atoms with Crippen molar-refractivity contribution >= 4 is 11.8 Å². The maximum absolute atomic E-state index is 5.21. The van der Waals surface area contributed by atoms with Crippen molar-refractivity contribution in [3.05, 3.63) is 0 Å². The van der Waals surface area contributed by atoms with Gasteiger partial charge in [-0.15, -0.1) is 0 Å². The van der Waals surface area contributed by atoms with Gasteiger partial charge in [0, 0.05) is 0 Å². The quantitative estimate of drug-likeness (QED) is 0.592. The molecule has 0 bridgehead atoms. The van der Waals surface area contributed by atoms with Crippen LogP contribution in [0.2, 0.25) is 0 Å². The fourth-order valence-electron chi connectivity index (χ4n) is 1.33. The van der Waals surface area contributed by atoms with E-state index >= 15 is 0 Å². The molecule has 1 heterocycles. The van der Waals surface area contributed by atoms with Crippen molar-refractivity contribution in [3.63, 3.8) is 0 Å². The number of hydrogen-bond donors (Lipinski definition) is 0. The standard InChI is InChI=1S/C10H18N2O2/c1-10(2,3)8-9(14-5)11-6-7(12-8)13-4/h8H,6H2,1-5H3/t8-/m0/s1. The second-order valence-electron chi connectivity index (χ2n) is 4.35. The van der Waals surface area contributed by atoms with Crippen molar-refractivity contribution < 1.29 is 9.47 Å². The molecule has 4 heteroatoms. The van der Waals surface area contributed by atoms with E-state index < -0.39 is 0 Å². The lowest BCUT2D eigenvalue weighted by Gasteiger charge is -2.29. The summed E-state index contributed by atoms with van der Waals surface area (Å²) >= 11 is 0. The average molecular weight is 198 g/mol. The van der Waals surface area contributed by atoms with Crippen LogP contribution < -0.4 is 0 Å². The molecule has 1 atom stereocenters. The summed E-state index contributed by atoms with van der Waals surface area (Å²) in [6, 6.07) is -0.0452. The highest BCUT2D eigenvalue weighted by atomic mass is 16.5. The van der Waals surface area contributed by atoms with Gasteiger partial charge in [0.1, 0.15) is 12.6 Å². The number of nitrogens with zero attached hydrogens (tertiary/aromatic N) is 2. The van der Waals surface area contributed by atoms with E-state index in [1.54, 1.807) is 14.2 Å². The van der Waals surface area contributed by atoms with Crippen LogP contribution in [0.15, 0.2) is 9.98 Å². The normalized spacial score (nSPS) is 22.5. The molecule has 1 aliphatic heterocycles. The maximum atomic E-state index is 5.21. The van der Waals surface area contributed by atoms with Crippen molar-refractivity contribution in [2.24, 2.45) is 15.4 Å². The van der Waals surface area contributed by atoms with Gasteiger partial charge in [0.05, 0.1) is 14.2 Å². The minimum absolute atomic E-state index is 0.000949. The number of rotatable bonds is 0. The van der Waals surface area contributed by atoms with Crippen LogP contribution >= 0.6 is 0 Å². The van der Waals surface area contributed by atoms with Gasteiger partial charge in [-0.3, -0.25) is 0 Å². The van der Waals surface area contributed by atoms with E-state index in [1.165, 1.54) is 0 Å². The molecule has 0 saturated heterocycles. The van der Waals surface area contributed by atoms with Crippen molar-refractivity contribution in [1.29, 1.82) is 0 Å². The molecular formula is C10H18N2O2. The molecule has 80 valence electrons. The monoisotopic (exact) mass is 198 g/mol. The fraction of sp³-hybridized carbons (Fsp3) is 0.800. The number of ether oxygens (including phenoxy) is 2. The first-order chi connectivity index (χ1) is 6.49. The van der Waals surface area contributed by atoms with Crippen LogP contribution in [0.3, 0.4) is 0 Å². The van der Waals surface area contributed by atoms with Crippen LogP contribution in [0, 0.1) is 5.41 Å². The Kier molecular flexibility index (Phi) is 3.13. The fourth-order valence-corrected chi connectivity index (χ4v) is 1.33. The first-order valence-electron chi connectivity index (χ1n) is 4.68. The first kappa shape index (κ1) is 11.0. The first-order valence-corrected chi connectivity index (χ1v) is 4.68. The highest BCUT2D eigenvalue weighted by molar-refractivity contribution is 5.92. The molecule has 0 aliphatic carbocycles. The lowest BCUT2D eigenvalue weighted by atomic mass is 9.86. The van der Waals surface area contributed by atoms with Crippen LogP contribution in [0.5, 0.6) is 0 Å². The van der Waals surface area contributed by atoms with E-state index in [-0.39, 0.29) is 11.5 Å². The summed E-state index contributed by atoms with van der Waals surface area (Å²) < 4.78 is 10.3. The SMILES string of the molecule is COC1=N[C@H](C(C)(C)C)C(OC)=NC1. The van der Waals surface area contributed by atoms with E-state index in [1.807, 2.05) is 0 Å². The molecule has 0 aromatic heterocycles. The molecule has 0 radical (unpaired) electrons. The Hall–Kier alpha value is -1.06. The van der Waals surface area contributed by atoms with E-state index in [9.17, 15) is 0 Å². The van der Waals surface area contributed by atoms with Gasteiger partial charge in [-0.2, -0.15) is 0 Å². The van der Waals surface area contributed by atoms with Gasteiger partial charge in [-0.05, 0) is 5.41 Å². The molecule has 0 amide bonds. The summed E-state index contributed by atoms with van der Waals surface area (Å²) in [6.07, 6.45) is 0. The minimum atomic E-state index is -0.0452. The summed E-state index contributed by atoms with van der Waals surface area (Å²) in [5, 5.41) is 0. The summed E-state index contributed by atoms with van der Waals surface area (Å²) in [5.74, 6) is 1.36. The van der Waals surface area contributed by atoms with Crippen molar-refractivity contribution in [2.75, 3.05) is 20.8 Å². The van der Waals surface area contributed by atoms with E-state index in [4.69, 9.17) is 9.47 Å². The lowest BCUT2D eigenvalue weighted by Crippen LogP contribution is -2.38. The Morgan fingerprint density at radius 2 is 1.86 bits per heavy atom. The lowest BCUT2D eigenvalue weighted by molar-refractivity contribution is 0.296. The topological polar surface area (TPSA) is 43.2 Å². The summed E-state index contributed by atoms with van der Waals surface area (Å²) in [7, 11) is 3.25. The predicted octanol–water partition coefficient (Wildman–Crippen LogP) is 1.50. The Morgan fingerprint density at radius 3 is 2.29 bits per heavy atom. The maximum Gasteiger partial charge on any atom is 0.209 e. The van der Waals surface area contributed by atoms with Gasteiger partial charge in [-0.25, -0.2) is 9.98 Å². The molecule has 0 spiro atoms. The van der Waals surface area contributed by atoms with Crippen LogP contribution in [-0.4, -0.2) is 38.6 Å². The second kappa shape index (κ2) is 3.98. The van der Waals surface area contributed by atoms with E-state index in [2.05, 4.69) is 30.8 Å². The van der Waals surface area contributed by atoms with Gasteiger partial charge >= 0.3 is 0 Å². The molecule has 0 unspecified atom stereocenters. The molecule has 0 N–H and O–H groups in total. The zero-order valence-corrected chi connectivity index (χ0v) is 9.50. The van der Waals surface area contributed by atoms with Gasteiger partial charge in [0.2, 0.25) is 11.8 Å². The number of methoxy groups -OCH3 is 2. The summed E-state index contributed by atoms with van der Waals surface area (Å²) in [4.78, 5) is 8.75. The van der Waals surface area contributed by atoms with Crippen molar-refractivity contribution in [1.82, 2.24) is 0 Å². The Morgan fingerprint density at radius 1 is 1.21 bits per heavy atom. The minimum Gasteiger partial charge on any atom is -0.483 e. The van der Waals surface area contributed by atoms with Gasteiger partial charge < -0.3 is 9.47 Å². The Balaban J connectivity index is 2.91. The van der Waals surface area contributed by atoms with Crippen LogP contribution in [-0.2, 0) is 9.47 Å². The molecule has 0 saturated carbocycles. The molecule has 4 nitrogen and oxygen atoms in total. The van der Waals surface area contributed by atoms with E-state index in [0.717, 1.165) is 0 Å². The summed E-state index contributed by atoms with van der Waals surface area (Å²) in [6.45, 7) is 6.79. The van der Waals surface area contributed by atoms with Gasteiger partial charge in [-0.1, -0.05) is 20.8 Å². The third-order valence-corrected chi connectivity index (χ3v) is 2.14. The van der Waals surface area contributed by atoms with Crippen molar-refractivity contribution in [3.8, 4) is 0 Å². The molecule has 0 aromatic rings. The van der Waals surface area contributed by atoms with Crippen LogP contribution in [0.25, 0.3) is 0 Å². The zero-order chi connectivity index (χ0) is 10.8. The predicted molar refractivity (Wildman–Crippen MR) is 57.0 cm³/mol. The van der Waals surface area contributed by atoms with Gasteiger partial charge in [0.15, 0.2) is 0 Å². The van der Waals surface area contributed by atoms with Gasteiger partial charge in [0.25, 0.3) is 0 Å². The molecule has 0 aromatic carbocycles. The molecule has 0 fully saturated rings. The molecule has 1 aliphatic rings. The highest BCUT2D eigenvalue weighted by Crippen LogP contribution is 2.25. The Labute approximate surface area is 85.0 Å². The third-order valence-electron chi connectivity index (χ3n) is 2.14. The van der Waals surface area contributed by atoms with Crippen LogP contribution in [0.1, 0.15) is 20.8 Å². The zero-order valence-electron chi connectivity index (χ0n) is 9.50. The van der Waals surface area contributed by atoms with E-state index in [0.29, 0.717) is 18.3 Å². The average Bonchev–Trinajstić information content (AvgIpc) is 2.15. The Bertz CT molecular complexity index is 264. The molecule has 1 rings (SSSR count). The highest BCUT2D eigenvalue weighted by Gasteiger charge is 2.32. The molecule has 14 heavy (non-hydrogen) atoms. The number of hydrogen-bond acceptors (Lipinski definition) is 4. The van der Waals surface area contributed by atoms with Crippen LogP contribution in [0.4, 0.5) is 0 Å². The number of aliphatic imine (C=N–C) groups is 2. The third kappa shape index (κ3) is 2.25. The van der Waals surface area contributed by atoms with Crippen molar-refractivity contribution in [2.45, 2.75) is 26.8 Å².